The van der Waals surface area contributed by atoms with E-state index in [0.717, 1.165) is 5.92 Å². The van der Waals surface area contributed by atoms with Crippen LogP contribution in [0, 0.1) is 5.92 Å². The van der Waals surface area contributed by atoms with Crippen LogP contribution >= 0.6 is 48.0 Å². The summed E-state index contributed by atoms with van der Waals surface area (Å²) in [5.41, 5.74) is 0. The molecule has 0 fully saturated rings. The number of hydrogen-bond acceptors (Lipinski definition) is 0. The summed E-state index contributed by atoms with van der Waals surface area (Å²) in [6.07, 6.45) is 16.0. The first-order valence-corrected chi connectivity index (χ1v) is 7.27. The van der Waals surface area contributed by atoms with Crippen molar-refractivity contribution in [1.29, 1.82) is 0 Å². The third-order valence-corrected chi connectivity index (χ3v) is 3.14. The Labute approximate surface area is 144 Å². The van der Waals surface area contributed by atoms with Crippen molar-refractivity contribution in [2.24, 2.45) is 5.92 Å². The Morgan fingerprint density at radius 1 is 0.588 bits per heavy atom. The summed E-state index contributed by atoms with van der Waals surface area (Å²) in [4.78, 5) is 0. The lowest BCUT2D eigenvalue weighted by Gasteiger charge is -2.04. The van der Waals surface area contributed by atoms with E-state index in [-0.39, 0.29) is 48.0 Å². The van der Waals surface area contributed by atoms with Gasteiger partial charge >= 0.3 is 0 Å². The van der Waals surface area contributed by atoms with Gasteiger partial charge in [-0.1, -0.05) is 91.4 Å². The lowest BCUT2D eigenvalue weighted by atomic mass is 10.0. The first kappa shape index (κ1) is 23.5. The zero-order valence-electron chi connectivity index (χ0n) is 12.2. The Morgan fingerprint density at radius 3 is 1.29 bits per heavy atom. The zero-order valence-corrected chi connectivity index (χ0v) is 16.8. The first-order valence-electron chi connectivity index (χ1n) is 7.27. The van der Waals surface area contributed by atoms with Crippen molar-refractivity contribution >= 4 is 48.0 Å². The number of halogens is 2. The van der Waals surface area contributed by atoms with Gasteiger partial charge in [-0.3, -0.25) is 0 Å². The molecule has 0 aliphatic carbocycles. The Bertz CT molecular complexity index is 113. The smallest absolute Gasteiger partial charge is 0.0471 e. The maximum absolute atomic E-state index is 2.33. The highest BCUT2D eigenvalue weighted by Gasteiger charge is 1.94. The van der Waals surface area contributed by atoms with Crippen molar-refractivity contribution < 1.29 is 0 Å². The molecule has 0 amide bonds. The molecule has 0 unspecified atom stereocenters. The summed E-state index contributed by atoms with van der Waals surface area (Å²) in [7, 11) is 0. The van der Waals surface area contributed by atoms with Gasteiger partial charge < -0.3 is 0 Å². The summed E-state index contributed by atoms with van der Waals surface area (Å²) in [6.45, 7) is 6.94. The van der Waals surface area contributed by atoms with Crippen molar-refractivity contribution in [3.05, 3.63) is 0 Å². The molecule has 0 radical (unpaired) electrons. The van der Waals surface area contributed by atoms with Gasteiger partial charge in [0.05, 0.1) is 0 Å². The van der Waals surface area contributed by atoms with Crippen molar-refractivity contribution in [3.8, 4) is 0 Å². The van der Waals surface area contributed by atoms with E-state index in [1.165, 1.54) is 70.6 Å². The van der Waals surface area contributed by atoms with E-state index < -0.39 is 0 Å². The molecule has 0 rings (SSSR count). The largest absolute Gasteiger partial charge is 0.107 e. The molecule has 0 N–H and O–H groups in total. The van der Waals surface area contributed by atoms with E-state index >= 15 is 0 Å². The lowest BCUT2D eigenvalue weighted by Crippen LogP contribution is -1.87. The Hall–Kier alpha value is 1.46. The second-order valence-electron chi connectivity index (χ2n) is 5.36. The topological polar surface area (TPSA) is 0 Å². The maximum atomic E-state index is 2.33. The Morgan fingerprint density at radius 2 is 0.941 bits per heavy atom. The van der Waals surface area contributed by atoms with E-state index in [1.54, 1.807) is 0 Å². The van der Waals surface area contributed by atoms with Crippen molar-refractivity contribution in [2.75, 3.05) is 0 Å². The predicted molar refractivity (Wildman–Crippen MR) is 102 cm³/mol. The number of rotatable bonds is 11. The molecule has 0 atom stereocenters. The van der Waals surface area contributed by atoms with E-state index in [2.05, 4.69) is 20.8 Å². The van der Waals surface area contributed by atoms with Gasteiger partial charge in [-0.05, 0) is 5.92 Å². The molecule has 0 nitrogen and oxygen atoms in total. The van der Waals surface area contributed by atoms with Crippen LogP contribution in [0.3, 0.4) is 0 Å². The molecule has 108 valence electrons. The van der Waals surface area contributed by atoms with Crippen LogP contribution in [0.2, 0.25) is 0 Å². The zero-order chi connectivity index (χ0) is 11.4. The van der Waals surface area contributed by atoms with Gasteiger partial charge in [0.25, 0.3) is 0 Å². The van der Waals surface area contributed by atoms with E-state index in [4.69, 9.17) is 0 Å². The average molecular weight is 468 g/mol. The van der Waals surface area contributed by atoms with Gasteiger partial charge in [-0.2, -0.15) is 0 Å². The molecule has 0 saturated carbocycles. The predicted octanol–water partition coefficient (Wildman–Crippen LogP) is 7.19. The van der Waals surface area contributed by atoms with E-state index in [0.29, 0.717) is 0 Å². The minimum absolute atomic E-state index is 0. The number of unbranched alkanes of at least 4 members (excludes halogenated alkanes) is 9. The van der Waals surface area contributed by atoms with Crippen molar-refractivity contribution in [3.63, 3.8) is 0 Å². The van der Waals surface area contributed by atoms with Crippen molar-refractivity contribution in [2.45, 2.75) is 91.4 Å². The third kappa shape index (κ3) is 23.0. The Balaban J connectivity index is -0.000000980. The molecule has 0 aromatic rings. The molecule has 0 aliphatic rings. The molecule has 17 heavy (non-hydrogen) atoms. The first-order chi connectivity index (χ1) is 7.27. The summed E-state index contributed by atoms with van der Waals surface area (Å²) in [6, 6.07) is 0. The van der Waals surface area contributed by atoms with Gasteiger partial charge in [0, 0.05) is 0 Å². The monoisotopic (exact) mass is 468 g/mol. The van der Waals surface area contributed by atoms with Crippen LogP contribution in [0.1, 0.15) is 91.4 Å². The molecular weight excluding hydrogens is 434 g/mol. The van der Waals surface area contributed by atoms with Gasteiger partial charge in [0.1, 0.15) is 0 Å². The highest BCUT2D eigenvalue weighted by molar-refractivity contribution is 14.0. The molecule has 0 aliphatic heterocycles. The quantitative estimate of drug-likeness (QED) is 0.223. The van der Waals surface area contributed by atoms with Gasteiger partial charge in [-0.25, -0.2) is 0 Å². The highest BCUT2D eigenvalue weighted by atomic mass is 127. The second kappa shape index (κ2) is 19.8. The molecule has 0 heterocycles. The summed E-state index contributed by atoms with van der Waals surface area (Å²) >= 11 is 0. The lowest BCUT2D eigenvalue weighted by molar-refractivity contribution is 0.505. The fourth-order valence-corrected chi connectivity index (χ4v) is 2.04. The normalized spacial score (nSPS) is 9.88. The number of hydrogen-bond donors (Lipinski definition) is 0. The highest BCUT2D eigenvalue weighted by Crippen LogP contribution is 2.13. The van der Waals surface area contributed by atoms with Crippen LogP contribution in [0.15, 0.2) is 0 Å². The molecule has 2 heteroatoms. The molecule has 0 saturated heterocycles. The molecule has 0 spiro atoms. The van der Waals surface area contributed by atoms with Gasteiger partial charge in [0.15, 0.2) is 0 Å². The third-order valence-electron chi connectivity index (χ3n) is 3.14. The van der Waals surface area contributed by atoms with Gasteiger partial charge in [0.2, 0.25) is 0 Å². The summed E-state index contributed by atoms with van der Waals surface area (Å²) in [5, 5.41) is 0. The summed E-state index contributed by atoms with van der Waals surface area (Å²) < 4.78 is 0. The van der Waals surface area contributed by atoms with E-state index in [1.807, 2.05) is 0 Å². The standard InChI is InChI=1S/C15H32.2HI/c1-4-5-6-7-8-9-10-11-12-13-14-15(2)3;;/h15H,4-14H2,1-3H3;2*1H. The fraction of sp³-hybridized carbons (Fsp3) is 1.00. The summed E-state index contributed by atoms with van der Waals surface area (Å²) in [5.74, 6) is 0.902. The fourth-order valence-electron chi connectivity index (χ4n) is 2.04. The maximum Gasteiger partial charge on any atom is -0.0471 e. The average Bonchev–Trinajstić information content (AvgIpc) is 2.20. The minimum atomic E-state index is 0. The van der Waals surface area contributed by atoms with Crippen LogP contribution in [0.25, 0.3) is 0 Å². The van der Waals surface area contributed by atoms with E-state index in [9.17, 15) is 0 Å². The second-order valence-corrected chi connectivity index (χ2v) is 5.36. The Kier molecular flexibility index (Phi) is 27.4. The van der Waals surface area contributed by atoms with Crippen LogP contribution in [-0.2, 0) is 0 Å². The van der Waals surface area contributed by atoms with Crippen molar-refractivity contribution in [1.82, 2.24) is 0 Å². The minimum Gasteiger partial charge on any atom is -0.107 e. The van der Waals surface area contributed by atoms with Crippen LogP contribution < -0.4 is 0 Å². The van der Waals surface area contributed by atoms with Crippen LogP contribution in [0.4, 0.5) is 0 Å². The molecule has 0 aromatic heterocycles. The van der Waals surface area contributed by atoms with Gasteiger partial charge in [-0.15, -0.1) is 48.0 Å². The van der Waals surface area contributed by atoms with Crippen LogP contribution in [0.5, 0.6) is 0 Å². The van der Waals surface area contributed by atoms with Crippen LogP contribution in [-0.4, -0.2) is 0 Å². The SMILES string of the molecule is CCCCCCCCCCCCC(C)C.I.I. The molecule has 0 bridgehead atoms. The molecular formula is C15H34I2. The molecule has 0 aromatic carbocycles.